The lowest BCUT2D eigenvalue weighted by molar-refractivity contribution is -0.137. The van der Waals surface area contributed by atoms with Crippen molar-refractivity contribution >= 4 is 60.7 Å². The zero-order valence-corrected chi connectivity index (χ0v) is 34.1. The summed E-state index contributed by atoms with van der Waals surface area (Å²) in [4.78, 5) is 11.4. The van der Waals surface area contributed by atoms with E-state index < -0.39 is 11.7 Å². The topological polar surface area (TPSA) is 94.3 Å². The van der Waals surface area contributed by atoms with Crippen LogP contribution < -0.4 is 0 Å². The molecule has 0 bridgehead atoms. The van der Waals surface area contributed by atoms with E-state index in [4.69, 9.17) is 19.7 Å². The summed E-state index contributed by atoms with van der Waals surface area (Å²) in [5, 5.41) is 32.6. The van der Waals surface area contributed by atoms with E-state index in [1.807, 2.05) is 83.4 Å². The fraction of sp³-hybridized carbons (Fsp3) is 0.0182. The summed E-state index contributed by atoms with van der Waals surface area (Å²) < 4.78 is 49.4. The standard InChI is InChI=1S/C55H25F3N8/c1-62-39-25-34(31-61)24-38(26-39)36-16-18-43-41-10-5-7-14-48(41)66(51(43)28-36)54-44(52-45(55(56,57)58)11-8-12-46(52)63-2)19-20-49(53(54)64-3)65-47-13-6-4-9-40(47)42-17-15-35(27-50(42)65)37-22-32(29-59)21-33(23-37)30-60/h4-28H. The molecule has 8 aromatic carbocycles. The number of alkyl halides is 3. The van der Waals surface area contributed by atoms with Crippen LogP contribution in [0, 0.1) is 53.7 Å². The van der Waals surface area contributed by atoms with E-state index in [9.17, 15) is 15.8 Å². The Hall–Kier alpha value is -9.91. The molecule has 0 fully saturated rings. The van der Waals surface area contributed by atoms with Crippen LogP contribution in [0.3, 0.4) is 0 Å². The average molecular weight is 855 g/mol. The fourth-order valence-electron chi connectivity index (χ4n) is 9.07. The number of para-hydroxylation sites is 2. The molecule has 0 unspecified atom stereocenters. The summed E-state index contributed by atoms with van der Waals surface area (Å²) in [5.41, 5.74) is 4.80. The summed E-state index contributed by atoms with van der Waals surface area (Å²) in [6.45, 7) is 24.8. The van der Waals surface area contributed by atoms with E-state index in [1.165, 1.54) is 24.3 Å². The van der Waals surface area contributed by atoms with Gasteiger partial charge >= 0.3 is 6.18 Å². The first-order chi connectivity index (χ1) is 32.1. The van der Waals surface area contributed by atoms with Crippen LogP contribution in [0.25, 0.3) is 103 Å². The van der Waals surface area contributed by atoms with Gasteiger partial charge in [-0.05, 0) is 94.5 Å². The minimum atomic E-state index is -4.89. The lowest BCUT2D eigenvalue weighted by Gasteiger charge is -2.23. The summed E-state index contributed by atoms with van der Waals surface area (Å²) in [7, 11) is 0. The highest BCUT2D eigenvalue weighted by Gasteiger charge is 2.36. The van der Waals surface area contributed by atoms with Crippen molar-refractivity contribution < 1.29 is 13.2 Å². The van der Waals surface area contributed by atoms with E-state index in [-0.39, 0.29) is 39.4 Å². The largest absolute Gasteiger partial charge is 0.415 e. The van der Waals surface area contributed by atoms with E-state index in [2.05, 4.69) is 32.7 Å². The van der Waals surface area contributed by atoms with Crippen LogP contribution in [0.1, 0.15) is 22.3 Å². The second-order valence-electron chi connectivity index (χ2n) is 15.4. The molecule has 0 aliphatic heterocycles. The van der Waals surface area contributed by atoms with Gasteiger partial charge in [-0.25, -0.2) is 14.5 Å². The second-order valence-corrected chi connectivity index (χ2v) is 15.4. The molecular formula is C55H25F3N8. The van der Waals surface area contributed by atoms with Gasteiger partial charge in [-0.15, -0.1) is 0 Å². The first-order valence-electron chi connectivity index (χ1n) is 20.2. The Morgan fingerprint density at radius 2 is 1.02 bits per heavy atom. The van der Waals surface area contributed by atoms with Crippen LogP contribution in [-0.2, 0) is 6.18 Å². The molecule has 10 aromatic rings. The normalized spacial score (nSPS) is 11.2. The zero-order chi connectivity index (χ0) is 45.9. The summed E-state index contributed by atoms with van der Waals surface area (Å²) in [5.74, 6) is 0. The number of nitriles is 3. The van der Waals surface area contributed by atoms with Crippen LogP contribution in [0.2, 0.25) is 0 Å². The van der Waals surface area contributed by atoms with Crippen molar-refractivity contribution in [3.05, 3.63) is 208 Å². The molecule has 2 heterocycles. The van der Waals surface area contributed by atoms with Crippen LogP contribution in [-0.4, -0.2) is 9.13 Å². The molecule has 0 radical (unpaired) electrons. The lowest BCUT2D eigenvalue weighted by atomic mass is 9.94. The summed E-state index contributed by atoms with van der Waals surface area (Å²) >= 11 is 0. The number of nitrogens with zero attached hydrogens (tertiary/aromatic N) is 8. The van der Waals surface area contributed by atoms with Crippen molar-refractivity contribution in [1.82, 2.24) is 9.13 Å². The van der Waals surface area contributed by atoms with Gasteiger partial charge in [-0.2, -0.15) is 29.0 Å². The quantitative estimate of drug-likeness (QED) is 0.161. The van der Waals surface area contributed by atoms with Crippen LogP contribution in [0.4, 0.5) is 30.2 Å². The number of halogens is 3. The molecule has 0 spiro atoms. The average Bonchev–Trinajstić information content (AvgIpc) is 3.86. The Balaban J connectivity index is 1.37. The first-order valence-corrected chi connectivity index (χ1v) is 20.2. The van der Waals surface area contributed by atoms with Crippen LogP contribution >= 0.6 is 0 Å². The summed E-state index contributed by atoms with van der Waals surface area (Å²) in [6.07, 6.45) is -4.89. The van der Waals surface area contributed by atoms with Crippen molar-refractivity contribution in [1.29, 1.82) is 15.8 Å². The van der Waals surface area contributed by atoms with Crippen LogP contribution in [0.15, 0.2) is 152 Å². The van der Waals surface area contributed by atoms with E-state index in [0.717, 1.165) is 27.6 Å². The van der Waals surface area contributed by atoms with E-state index in [1.54, 1.807) is 47.0 Å². The highest BCUT2D eigenvalue weighted by atomic mass is 19.4. The zero-order valence-electron chi connectivity index (χ0n) is 34.1. The molecular weight excluding hydrogens is 830 g/mol. The third-order valence-corrected chi connectivity index (χ3v) is 11.8. The smallest absolute Gasteiger partial charge is 0.319 e. The van der Waals surface area contributed by atoms with E-state index >= 15 is 13.2 Å². The predicted molar refractivity (Wildman–Crippen MR) is 249 cm³/mol. The minimum Gasteiger partial charge on any atom is -0.319 e. The molecule has 0 saturated heterocycles. The molecule has 11 heteroatoms. The van der Waals surface area contributed by atoms with Gasteiger partial charge < -0.3 is 9.13 Å². The van der Waals surface area contributed by atoms with Gasteiger partial charge in [0.15, 0.2) is 11.4 Å². The third-order valence-electron chi connectivity index (χ3n) is 11.8. The van der Waals surface area contributed by atoms with Gasteiger partial charge in [0.1, 0.15) is 0 Å². The maximum Gasteiger partial charge on any atom is 0.415 e. The lowest BCUT2D eigenvalue weighted by Crippen LogP contribution is -2.09. The van der Waals surface area contributed by atoms with Crippen molar-refractivity contribution in [2.45, 2.75) is 6.18 Å². The Morgan fingerprint density at radius 1 is 0.470 bits per heavy atom. The maximum absolute atomic E-state index is 15.2. The fourth-order valence-corrected chi connectivity index (χ4v) is 9.07. The molecule has 306 valence electrons. The van der Waals surface area contributed by atoms with Gasteiger partial charge in [-0.1, -0.05) is 84.9 Å². The predicted octanol–water partition coefficient (Wildman–Crippen LogP) is 15.2. The van der Waals surface area contributed by atoms with Gasteiger partial charge in [0.25, 0.3) is 0 Å². The molecule has 66 heavy (non-hydrogen) atoms. The molecule has 10 rings (SSSR count). The van der Waals surface area contributed by atoms with E-state index in [0.29, 0.717) is 61.1 Å². The summed E-state index contributed by atoms with van der Waals surface area (Å²) in [6, 6.07) is 49.0. The maximum atomic E-state index is 15.2. The number of fused-ring (bicyclic) bond motifs is 6. The number of aromatic nitrogens is 2. The Morgan fingerprint density at radius 3 is 1.58 bits per heavy atom. The van der Waals surface area contributed by atoms with Crippen molar-refractivity contribution in [3.63, 3.8) is 0 Å². The highest BCUT2D eigenvalue weighted by Crippen LogP contribution is 2.51. The van der Waals surface area contributed by atoms with Gasteiger partial charge in [0.2, 0.25) is 5.69 Å². The van der Waals surface area contributed by atoms with Gasteiger partial charge in [0, 0.05) is 32.7 Å². The molecule has 0 aliphatic carbocycles. The SMILES string of the molecule is [C-]#[N+]c1cc(C#N)cc(-c2ccc3c4ccccc4n(-c4c(-c5c([N+]#[C-])cccc5C(F)(F)F)ccc(-n5c6ccccc6c6ccc(-c7cc(C#N)cc(C#N)c7)cc65)c4[N+]#[C-])c3c2)c1. The first kappa shape index (κ1) is 40.2. The molecule has 0 amide bonds. The minimum absolute atomic E-state index is 0.00249. The highest BCUT2D eigenvalue weighted by molar-refractivity contribution is 6.14. The third kappa shape index (κ3) is 6.34. The molecule has 0 saturated carbocycles. The van der Waals surface area contributed by atoms with Crippen molar-refractivity contribution in [2.75, 3.05) is 0 Å². The Kier molecular flexibility index (Phi) is 9.41. The number of hydrogen-bond acceptors (Lipinski definition) is 3. The van der Waals surface area contributed by atoms with Crippen LogP contribution in [0.5, 0.6) is 0 Å². The number of rotatable bonds is 5. The van der Waals surface area contributed by atoms with Gasteiger partial charge in [0.05, 0.1) is 88.1 Å². The monoisotopic (exact) mass is 854 g/mol. The second kappa shape index (κ2) is 15.5. The Labute approximate surface area is 374 Å². The number of hydrogen-bond donors (Lipinski definition) is 0. The molecule has 0 N–H and O–H groups in total. The Bertz CT molecular complexity index is 3950. The molecule has 0 atom stereocenters. The molecule has 8 nitrogen and oxygen atoms in total. The van der Waals surface area contributed by atoms with Gasteiger partial charge in [-0.3, -0.25) is 0 Å². The van der Waals surface area contributed by atoms with Crippen molar-refractivity contribution in [3.8, 4) is 63.0 Å². The number of benzene rings is 8. The molecule has 0 aliphatic rings. The molecule has 2 aromatic heterocycles. The van der Waals surface area contributed by atoms with Crippen molar-refractivity contribution in [2.24, 2.45) is 0 Å².